The van der Waals surface area contributed by atoms with Crippen molar-refractivity contribution in [2.24, 2.45) is 16.7 Å². The number of aromatic nitrogens is 3. The van der Waals surface area contributed by atoms with Crippen LogP contribution in [-0.2, 0) is 10.0 Å². The van der Waals surface area contributed by atoms with Gasteiger partial charge >= 0.3 is 5.97 Å². The Kier molecular flexibility index (Phi) is 10.9. The van der Waals surface area contributed by atoms with Gasteiger partial charge in [-0.2, -0.15) is 13.4 Å². The summed E-state index contributed by atoms with van der Waals surface area (Å²) in [4.78, 5) is 24.2. The number of nitrogens with one attached hydrogen (secondary N) is 2. The Balaban J connectivity index is 0.00000520. The molecule has 1 spiro atoms. The van der Waals surface area contributed by atoms with E-state index in [2.05, 4.69) is 45.8 Å². The number of pyridine rings is 1. The number of hydrogen-bond acceptors (Lipinski definition) is 9. The fourth-order valence-electron chi connectivity index (χ4n) is 7.09. The van der Waals surface area contributed by atoms with Gasteiger partial charge in [-0.3, -0.25) is 0 Å². The third-order valence-electron chi connectivity index (χ3n) is 9.36. The zero-order valence-electron chi connectivity index (χ0n) is 28.7. The van der Waals surface area contributed by atoms with Crippen molar-refractivity contribution in [2.45, 2.75) is 103 Å². The first-order chi connectivity index (χ1) is 21.8. The number of benzene rings is 1. The minimum absolute atomic E-state index is 0. The lowest BCUT2D eigenvalue weighted by molar-refractivity contribution is -0.130. The Bertz CT molecular complexity index is 1720. The number of aliphatic hydroxyl groups is 1. The molecule has 262 valence electrons. The van der Waals surface area contributed by atoms with Gasteiger partial charge in [0.25, 0.3) is 10.0 Å². The molecule has 2 aliphatic rings. The number of sulfonamides is 1. The number of halogens is 1. The van der Waals surface area contributed by atoms with Gasteiger partial charge in [-0.1, -0.05) is 45.0 Å². The predicted molar refractivity (Wildman–Crippen MR) is 187 cm³/mol. The molecule has 48 heavy (non-hydrogen) atoms. The molecule has 2 aromatic heterocycles. The van der Waals surface area contributed by atoms with Crippen molar-refractivity contribution < 1.29 is 28.2 Å². The molecule has 2 heterocycles. The Labute approximate surface area is 289 Å². The van der Waals surface area contributed by atoms with E-state index >= 15 is 0 Å². The molecule has 2 fully saturated rings. The summed E-state index contributed by atoms with van der Waals surface area (Å²) in [5.74, 6) is -0.993. The van der Waals surface area contributed by atoms with Gasteiger partial charge in [-0.05, 0) is 99.8 Å². The number of hydrogen-bond donors (Lipinski definition) is 4. The van der Waals surface area contributed by atoms with Crippen molar-refractivity contribution in [2.75, 3.05) is 11.3 Å². The smallest absolute Gasteiger partial charge is 0.354 e. The van der Waals surface area contributed by atoms with E-state index < -0.39 is 32.3 Å². The minimum Gasteiger partial charge on any atom is -0.477 e. The van der Waals surface area contributed by atoms with E-state index in [0.29, 0.717) is 29.7 Å². The van der Waals surface area contributed by atoms with Crippen LogP contribution < -0.4 is 14.8 Å². The fraction of sp³-hybridized carbons (Fsp3) is 0.543. The van der Waals surface area contributed by atoms with Crippen molar-refractivity contribution in [1.29, 1.82) is 0 Å². The lowest BCUT2D eigenvalue weighted by atomic mass is 9.47. The van der Waals surface area contributed by atoms with Crippen molar-refractivity contribution in [3.05, 3.63) is 59.3 Å². The number of carbonyl (C=O) groups is 1. The van der Waals surface area contributed by atoms with Crippen molar-refractivity contribution in [3.8, 4) is 17.1 Å². The van der Waals surface area contributed by atoms with Gasteiger partial charge < -0.3 is 20.3 Å². The lowest BCUT2D eigenvalue weighted by Gasteiger charge is -2.61. The summed E-state index contributed by atoms with van der Waals surface area (Å²) in [6.07, 6.45) is 5.13. The van der Waals surface area contributed by atoms with Crippen LogP contribution in [0.25, 0.3) is 11.3 Å². The Morgan fingerprint density at radius 3 is 2.21 bits per heavy atom. The maximum atomic E-state index is 13.3. The average molecular weight is 702 g/mol. The molecule has 1 aromatic carbocycles. The van der Waals surface area contributed by atoms with E-state index in [4.69, 9.17) is 4.74 Å². The quantitative estimate of drug-likeness (QED) is 0.171. The molecular weight excluding hydrogens is 654 g/mol. The largest absolute Gasteiger partial charge is 0.477 e. The first-order valence-corrected chi connectivity index (χ1v) is 17.6. The minimum atomic E-state index is -4.33. The number of rotatable bonds is 12. The second kappa shape index (κ2) is 13.9. The van der Waals surface area contributed by atoms with E-state index in [1.807, 2.05) is 45.9 Å². The van der Waals surface area contributed by atoms with Crippen LogP contribution in [0.1, 0.15) is 88.3 Å². The molecule has 0 radical (unpaired) electrons. The molecule has 2 saturated carbocycles. The van der Waals surface area contributed by atoms with Crippen molar-refractivity contribution in [3.63, 3.8) is 0 Å². The summed E-state index contributed by atoms with van der Waals surface area (Å²) in [5.41, 5.74) is 2.55. The highest BCUT2D eigenvalue weighted by atomic mass is 35.5. The predicted octanol–water partition coefficient (Wildman–Crippen LogP) is 6.18. The molecular formula is C35H48ClN5O6S. The van der Waals surface area contributed by atoms with Crippen LogP contribution in [0.4, 0.5) is 5.95 Å². The van der Waals surface area contributed by atoms with E-state index in [9.17, 15) is 23.4 Å². The van der Waals surface area contributed by atoms with E-state index in [1.54, 1.807) is 6.07 Å². The summed E-state index contributed by atoms with van der Waals surface area (Å²) < 4.78 is 35.3. The van der Waals surface area contributed by atoms with E-state index in [0.717, 1.165) is 48.8 Å². The van der Waals surface area contributed by atoms with E-state index in [1.165, 1.54) is 18.2 Å². The standard InChI is InChI=1S/C35H47N5O6S.ClH/c1-21-10-8-11-22(2)30(21)27-14-28(39-32(38-27)40-47(44,45)29-13-9-12-26(37-29)31(41)42)46-20-25(17-33(3,4)5)36-24-18-35(19-24)15-23(16-35)34(6,7)43;/h8-14,23-25,36,43H,15-20H2,1-7H3,(H,41,42)(H,38,39,40);1H/t23?,24?,25-,35?;/m1./s1. The van der Waals surface area contributed by atoms with Gasteiger partial charge in [0.1, 0.15) is 12.3 Å². The van der Waals surface area contributed by atoms with Gasteiger partial charge in [0.05, 0.1) is 11.3 Å². The highest BCUT2D eigenvalue weighted by molar-refractivity contribution is 7.92. The fourth-order valence-corrected chi connectivity index (χ4v) is 8.01. The van der Waals surface area contributed by atoms with Gasteiger partial charge in [-0.25, -0.2) is 19.5 Å². The summed E-state index contributed by atoms with van der Waals surface area (Å²) in [6.45, 7) is 14.6. The number of nitrogens with zero attached hydrogens (tertiary/aromatic N) is 3. The van der Waals surface area contributed by atoms with Gasteiger partial charge in [0.2, 0.25) is 11.8 Å². The monoisotopic (exact) mass is 701 g/mol. The topological polar surface area (TPSA) is 164 Å². The van der Waals surface area contributed by atoms with E-state index in [-0.39, 0.29) is 35.7 Å². The molecule has 0 saturated heterocycles. The normalized spacial score (nSPS) is 21.4. The SMILES string of the molecule is Cc1cccc(C)c1-c1cc(OC[C@@H](CC(C)(C)C)NC2CC3(C2)CC(C(C)(C)O)C3)nc(NS(=O)(=O)c2cccc(C(=O)O)n2)n1.Cl. The Morgan fingerprint density at radius 2 is 1.62 bits per heavy atom. The molecule has 5 rings (SSSR count). The molecule has 3 aromatic rings. The van der Waals surface area contributed by atoms with Crippen molar-refractivity contribution in [1.82, 2.24) is 20.3 Å². The summed E-state index contributed by atoms with van der Waals surface area (Å²) in [6, 6.07) is 11.7. The molecule has 13 heteroatoms. The van der Waals surface area contributed by atoms with Crippen LogP contribution in [0.2, 0.25) is 0 Å². The summed E-state index contributed by atoms with van der Waals surface area (Å²) >= 11 is 0. The second-order valence-electron chi connectivity index (χ2n) is 15.3. The van der Waals surface area contributed by atoms with Crippen LogP contribution >= 0.6 is 12.4 Å². The molecule has 1 atom stereocenters. The summed E-state index contributed by atoms with van der Waals surface area (Å²) in [5, 5.41) is 23.1. The van der Waals surface area contributed by atoms with Gasteiger partial charge in [0, 0.05) is 23.7 Å². The maximum absolute atomic E-state index is 13.3. The maximum Gasteiger partial charge on any atom is 0.354 e. The molecule has 4 N–H and O–H groups in total. The van der Waals surface area contributed by atoms with Crippen LogP contribution in [-0.4, -0.2) is 63.8 Å². The van der Waals surface area contributed by atoms with Crippen LogP contribution in [0.15, 0.2) is 47.5 Å². The number of anilines is 1. The van der Waals surface area contributed by atoms with Gasteiger partial charge in [0.15, 0.2) is 5.03 Å². The summed E-state index contributed by atoms with van der Waals surface area (Å²) in [7, 11) is -4.33. The third-order valence-corrected chi connectivity index (χ3v) is 10.6. The Hall–Kier alpha value is -3.32. The number of ether oxygens (including phenoxy) is 1. The third kappa shape index (κ3) is 8.82. The Morgan fingerprint density at radius 1 is 1.00 bits per heavy atom. The molecule has 0 bridgehead atoms. The van der Waals surface area contributed by atoms with Crippen LogP contribution in [0, 0.1) is 30.6 Å². The van der Waals surface area contributed by atoms with Crippen molar-refractivity contribution >= 4 is 34.3 Å². The first kappa shape index (κ1) is 37.5. The van der Waals surface area contributed by atoms with Gasteiger partial charge in [-0.15, -0.1) is 12.4 Å². The zero-order valence-corrected chi connectivity index (χ0v) is 30.3. The lowest BCUT2D eigenvalue weighted by Crippen LogP contribution is -2.60. The molecule has 0 aliphatic heterocycles. The molecule has 2 aliphatic carbocycles. The molecule has 11 nitrogen and oxygen atoms in total. The number of aromatic carboxylic acids is 1. The number of carboxylic acid groups (broad SMARTS) is 1. The number of carboxylic acids is 1. The average Bonchev–Trinajstić information content (AvgIpc) is 2.90. The highest BCUT2D eigenvalue weighted by Gasteiger charge is 2.56. The second-order valence-corrected chi connectivity index (χ2v) is 16.9. The zero-order chi connectivity index (χ0) is 34.4. The first-order valence-electron chi connectivity index (χ1n) is 16.1. The highest BCUT2D eigenvalue weighted by Crippen LogP contribution is 2.61. The molecule has 0 unspecified atom stereocenters. The van der Waals surface area contributed by atoms with Crippen LogP contribution in [0.5, 0.6) is 5.88 Å². The number of aryl methyl sites for hydroxylation is 2. The molecule has 0 amide bonds. The van der Waals surface area contributed by atoms with Crippen LogP contribution in [0.3, 0.4) is 0 Å².